The fraction of sp³-hybridized carbons (Fsp3) is 0.222. The molecule has 21 heavy (non-hydrogen) atoms. The number of nitriles is 1. The lowest BCUT2D eigenvalue weighted by molar-refractivity contribution is -0.384. The second-order valence-electron chi connectivity index (χ2n) is 3.41. The SMILES string of the molecule is N#CCN(SC(F)(Cl)Cl)S(=O)(=O)c1ccc([N+](=O)[O-])cc1. The summed E-state index contributed by atoms with van der Waals surface area (Å²) in [6.45, 7) is -0.713. The summed E-state index contributed by atoms with van der Waals surface area (Å²) in [4.78, 5) is 9.43. The Hall–Kier alpha value is -1.12. The molecular weight excluding hydrogens is 368 g/mol. The van der Waals surface area contributed by atoms with Gasteiger partial charge >= 0.3 is 3.92 Å². The molecule has 0 amide bonds. The van der Waals surface area contributed by atoms with E-state index in [0.717, 1.165) is 24.3 Å². The molecule has 0 heterocycles. The monoisotopic (exact) mass is 373 g/mol. The summed E-state index contributed by atoms with van der Waals surface area (Å²) >= 11 is 10.1. The minimum absolute atomic E-state index is 0.108. The largest absolute Gasteiger partial charge is 0.319 e. The molecule has 1 aromatic carbocycles. The molecule has 7 nitrogen and oxygen atoms in total. The molecule has 0 bridgehead atoms. The first-order valence-electron chi connectivity index (χ1n) is 4.98. The Balaban J connectivity index is 3.17. The van der Waals surface area contributed by atoms with Crippen molar-refractivity contribution in [2.24, 2.45) is 0 Å². The molecule has 0 radical (unpaired) electrons. The van der Waals surface area contributed by atoms with E-state index >= 15 is 0 Å². The van der Waals surface area contributed by atoms with Crippen molar-refractivity contribution >= 4 is 50.9 Å². The first-order valence-corrected chi connectivity index (χ1v) is 7.95. The summed E-state index contributed by atoms with van der Waals surface area (Å²) in [6, 6.07) is 5.38. The molecule has 1 rings (SSSR count). The van der Waals surface area contributed by atoms with Crippen LogP contribution in [0.3, 0.4) is 0 Å². The maximum atomic E-state index is 13.2. The zero-order valence-electron chi connectivity index (χ0n) is 9.94. The van der Waals surface area contributed by atoms with Gasteiger partial charge in [0.25, 0.3) is 15.7 Å². The number of alkyl halides is 3. The normalized spacial score (nSPS) is 12.1. The number of halogens is 3. The number of rotatable bonds is 6. The van der Waals surface area contributed by atoms with E-state index in [-0.39, 0.29) is 22.5 Å². The second-order valence-corrected chi connectivity index (χ2v) is 8.37. The van der Waals surface area contributed by atoms with E-state index in [0.29, 0.717) is 3.71 Å². The lowest BCUT2D eigenvalue weighted by Gasteiger charge is -2.20. The van der Waals surface area contributed by atoms with Gasteiger partial charge in [-0.3, -0.25) is 10.1 Å². The van der Waals surface area contributed by atoms with Crippen LogP contribution in [0.5, 0.6) is 0 Å². The van der Waals surface area contributed by atoms with Crippen LogP contribution in [0.1, 0.15) is 0 Å². The van der Waals surface area contributed by atoms with Crippen LogP contribution in [0, 0.1) is 21.4 Å². The minimum Gasteiger partial charge on any atom is -0.258 e. The minimum atomic E-state index is -4.30. The summed E-state index contributed by atoms with van der Waals surface area (Å²) in [5, 5.41) is 19.1. The van der Waals surface area contributed by atoms with Crippen molar-refractivity contribution in [1.29, 1.82) is 5.26 Å². The quantitative estimate of drug-likeness (QED) is 0.249. The molecule has 114 valence electrons. The van der Waals surface area contributed by atoms with Gasteiger partial charge in [0.2, 0.25) is 0 Å². The Bertz CT molecular complexity index is 670. The lowest BCUT2D eigenvalue weighted by atomic mass is 10.3. The van der Waals surface area contributed by atoms with Gasteiger partial charge in [-0.05, 0) is 12.1 Å². The van der Waals surface area contributed by atoms with Gasteiger partial charge in [0.1, 0.15) is 6.54 Å². The van der Waals surface area contributed by atoms with E-state index in [1.165, 1.54) is 6.07 Å². The average Bonchev–Trinajstić information content (AvgIpc) is 2.36. The van der Waals surface area contributed by atoms with Crippen molar-refractivity contribution in [2.75, 3.05) is 6.54 Å². The number of hydrogen-bond acceptors (Lipinski definition) is 6. The zero-order chi connectivity index (χ0) is 16.3. The summed E-state index contributed by atoms with van der Waals surface area (Å²) in [5.41, 5.74) is -0.317. The molecule has 0 saturated heterocycles. The van der Waals surface area contributed by atoms with Gasteiger partial charge in [-0.15, -0.1) is 3.71 Å². The van der Waals surface area contributed by atoms with E-state index in [4.69, 9.17) is 28.5 Å². The third kappa shape index (κ3) is 4.98. The molecule has 0 unspecified atom stereocenters. The van der Waals surface area contributed by atoms with Crippen LogP contribution in [0.25, 0.3) is 0 Å². The highest BCUT2D eigenvalue weighted by molar-refractivity contribution is 8.10. The zero-order valence-corrected chi connectivity index (χ0v) is 13.1. The maximum absolute atomic E-state index is 13.2. The molecule has 0 spiro atoms. The predicted molar refractivity (Wildman–Crippen MR) is 75.7 cm³/mol. The Kier molecular flexibility index (Phi) is 5.77. The molecule has 0 aliphatic heterocycles. The fourth-order valence-corrected chi connectivity index (χ4v) is 4.20. The first-order chi connectivity index (χ1) is 9.58. The van der Waals surface area contributed by atoms with Crippen molar-refractivity contribution in [2.45, 2.75) is 8.81 Å². The van der Waals surface area contributed by atoms with Crippen molar-refractivity contribution in [3.05, 3.63) is 34.4 Å². The molecule has 12 heteroatoms. The molecule has 1 aromatic rings. The molecule has 0 atom stereocenters. The van der Waals surface area contributed by atoms with Crippen LogP contribution in [0.2, 0.25) is 0 Å². The Morgan fingerprint density at radius 1 is 1.43 bits per heavy atom. The van der Waals surface area contributed by atoms with Crippen molar-refractivity contribution < 1.29 is 17.7 Å². The highest BCUT2D eigenvalue weighted by Gasteiger charge is 2.35. The maximum Gasteiger partial charge on any atom is 0.319 e. The van der Waals surface area contributed by atoms with Crippen LogP contribution in [0.15, 0.2) is 29.2 Å². The average molecular weight is 374 g/mol. The van der Waals surface area contributed by atoms with Gasteiger partial charge in [0, 0.05) is 24.1 Å². The lowest BCUT2D eigenvalue weighted by Crippen LogP contribution is -2.28. The second kappa shape index (κ2) is 6.76. The number of non-ortho nitro benzene ring substituents is 1. The van der Waals surface area contributed by atoms with Crippen LogP contribution < -0.4 is 0 Å². The molecule has 0 N–H and O–H groups in total. The first kappa shape index (κ1) is 17.9. The smallest absolute Gasteiger partial charge is 0.258 e. The van der Waals surface area contributed by atoms with E-state index in [2.05, 4.69) is 0 Å². The van der Waals surface area contributed by atoms with Crippen molar-refractivity contribution in [3.63, 3.8) is 0 Å². The fourth-order valence-electron chi connectivity index (χ4n) is 1.20. The van der Waals surface area contributed by atoms with E-state index in [9.17, 15) is 22.9 Å². The van der Waals surface area contributed by atoms with Crippen molar-refractivity contribution in [3.8, 4) is 6.07 Å². The number of nitro groups is 1. The van der Waals surface area contributed by atoms with E-state index < -0.39 is 25.4 Å². The van der Waals surface area contributed by atoms with Gasteiger partial charge in [-0.1, -0.05) is 23.2 Å². The summed E-state index contributed by atoms with van der Waals surface area (Å²) < 4.78 is 34.9. The third-order valence-corrected chi connectivity index (χ3v) is 5.32. The number of hydrogen-bond donors (Lipinski definition) is 0. The number of nitrogens with zero attached hydrogens (tertiary/aromatic N) is 3. The van der Waals surface area contributed by atoms with Crippen LogP contribution in [-0.4, -0.2) is 27.5 Å². The molecular formula is C9H6Cl2FN3O4S2. The standard InChI is InChI=1S/C9H6Cl2FN3O4S2/c10-9(11,12)20-14(6-5-13)21(18,19)8-3-1-7(2-4-8)15(16)17/h1-4H,6H2. The molecule has 0 aromatic heterocycles. The van der Waals surface area contributed by atoms with Crippen molar-refractivity contribution in [1.82, 2.24) is 3.71 Å². The predicted octanol–water partition coefficient (Wildman–Crippen LogP) is 2.82. The highest BCUT2D eigenvalue weighted by Crippen LogP contribution is 2.40. The Labute approximate surface area is 133 Å². The Morgan fingerprint density at radius 2 is 1.95 bits per heavy atom. The Morgan fingerprint density at radius 3 is 2.33 bits per heavy atom. The number of sulfonamides is 1. The molecule has 0 fully saturated rings. The van der Waals surface area contributed by atoms with E-state index in [1.54, 1.807) is 0 Å². The van der Waals surface area contributed by atoms with Crippen LogP contribution in [-0.2, 0) is 10.0 Å². The molecule has 0 aliphatic rings. The third-order valence-electron chi connectivity index (χ3n) is 2.02. The summed E-state index contributed by atoms with van der Waals surface area (Å²) in [6.07, 6.45) is 0. The summed E-state index contributed by atoms with van der Waals surface area (Å²) in [5.74, 6) is 0. The van der Waals surface area contributed by atoms with Crippen LogP contribution in [0.4, 0.5) is 10.1 Å². The van der Waals surface area contributed by atoms with Crippen LogP contribution >= 0.6 is 35.1 Å². The van der Waals surface area contributed by atoms with E-state index in [1.807, 2.05) is 0 Å². The molecule has 0 aliphatic carbocycles. The number of nitro benzene ring substituents is 1. The van der Waals surface area contributed by atoms with Gasteiger partial charge in [-0.2, -0.15) is 9.65 Å². The number of benzene rings is 1. The highest BCUT2D eigenvalue weighted by atomic mass is 35.5. The molecule has 0 saturated carbocycles. The van der Waals surface area contributed by atoms with Gasteiger partial charge < -0.3 is 0 Å². The van der Waals surface area contributed by atoms with Gasteiger partial charge in [0.05, 0.1) is 15.9 Å². The van der Waals surface area contributed by atoms with Gasteiger partial charge in [0.15, 0.2) is 0 Å². The summed E-state index contributed by atoms with van der Waals surface area (Å²) in [7, 11) is -4.30. The van der Waals surface area contributed by atoms with Gasteiger partial charge in [-0.25, -0.2) is 8.42 Å². The topological polar surface area (TPSA) is 104 Å².